The lowest BCUT2D eigenvalue weighted by Gasteiger charge is -2.19. The molecule has 5 heteroatoms. The molecule has 29 heavy (non-hydrogen) atoms. The maximum Gasteiger partial charge on any atom is 0.161 e. The van der Waals surface area contributed by atoms with Gasteiger partial charge in [-0.3, -0.25) is 0 Å². The van der Waals surface area contributed by atoms with Gasteiger partial charge in [0.15, 0.2) is 11.5 Å². The van der Waals surface area contributed by atoms with Gasteiger partial charge >= 0.3 is 0 Å². The first kappa shape index (κ1) is 21.2. The highest BCUT2D eigenvalue weighted by Gasteiger charge is 2.13. The van der Waals surface area contributed by atoms with Crippen molar-refractivity contribution in [1.29, 1.82) is 5.41 Å². The number of fused-ring (bicyclic) bond motifs is 1. The zero-order valence-corrected chi connectivity index (χ0v) is 17.0. The Bertz CT molecular complexity index is 773. The van der Waals surface area contributed by atoms with Crippen molar-refractivity contribution < 1.29 is 19.3 Å². The summed E-state index contributed by atoms with van der Waals surface area (Å²) in [4.78, 5) is 0. The number of hydrogen-bond donors (Lipinski definition) is 2. The fraction of sp³-hybridized carbons (Fsp3) is 0.458. The van der Waals surface area contributed by atoms with Gasteiger partial charge in [0, 0.05) is 18.7 Å². The molecular formula is C24H31NO4. The Balaban J connectivity index is 1.41. The molecule has 0 atom stereocenters. The molecule has 0 aliphatic carbocycles. The molecule has 156 valence electrons. The number of ether oxygens (including phenoxy) is 3. The topological polar surface area (TPSA) is 71.8 Å². The second kappa shape index (κ2) is 11.5. The predicted octanol–water partition coefficient (Wildman–Crippen LogP) is 4.78. The Morgan fingerprint density at radius 2 is 1.55 bits per heavy atom. The fourth-order valence-electron chi connectivity index (χ4n) is 3.37. The van der Waals surface area contributed by atoms with Gasteiger partial charge < -0.3 is 24.7 Å². The zero-order valence-electron chi connectivity index (χ0n) is 17.0. The first-order valence-electron chi connectivity index (χ1n) is 10.6. The molecule has 0 saturated carbocycles. The highest BCUT2D eigenvalue weighted by atomic mass is 16.6. The standard InChI is InChI=1S/C24H31NO4/c25-22(17-19-7-12-23-24(18-19)29-16-15-28-23)20-8-10-21(11-9-20)27-14-6-4-2-1-3-5-13-26/h7-12,18,25-26H,1-6,13-17H2. The van der Waals surface area contributed by atoms with E-state index in [1.54, 1.807) is 0 Å². The first-order chi connectivity index (χ1) is 14.3. The number of aliphatic hydroxyl groups is 1. The van der Waals surface area contributed by atoms with Crippen LogP contribution < -0.4 is 14.2 Å². The average molecular weight is 398 g/mol. The third-order valence-electron chi connectivity index (χ3n) is 5.01. The Kier molecular flexibility index (Phi) is 8.38. The minimum Gasteiger partial charge on any atom is -0.494 e. The van der Waals surface area contributed by atoms with Crippen molar-refractivity contribution in [1.82, 2.24) is 0 Å². The van der Waals surface area contributed by atoms with E-state index in [0.717, 1.165) is 54.1 Å². The minimum absolute atomic E-state index is 0.299. The van der Waals surface area contributed by atoms with Gasteiger partial charge in [-0.2, -0.15) is 0 Å². The minimum atomic E-state index is 0.299. The largest absolute Gasteiger partial charge is 0.494 e. The summed E-state index contributed by atoms with van der Waals surface area (Å²) in [6.45, 7) is 2.17. The molecule has 1 aliphatic rings. The number of rotatable bonds is 12. The first-order valence-corrected chi connectivity index (χ1v) is 10.6. The van der Waals surface area contributed by atoms with Crippen LogP contribution in [-0.4, -0.2) is 37.2 Å². The van der Waals surface area contributed by atoms with Crippen LogP contribution in [0.1, 0.15) is 49.7 Å². The third-order valence-corrected chi connectivity index (χ3v) is 5.01. The van der Waals surface area contributed by atoms with Crippen LogP contribution in [0.3, 0.4) is 0 Å². The lowest BCUT2D eigenvalue weighted by Crippen LogP contribution is -2.15. The van der Waals surface area contributed by atoms with E-state index in [9.17, 15) is 0 Å². The van der Waals surface area contributed by atoms with Crippen molar-refractivity contribution >= 4 is 5.71 Å². The van der Waals surface area contributed by atoms with Crippen molar-refractivity contribution in [3.8, 4) is 17.2 Å². The van der Waals surface area contributed by atoms with E-state index < -0.39 is 0 Å². The summed E-state index contributed by atoms with van der Waals surface area (Å²) in [6, 6.07) is 13.6. The van der Waals surface area contributed by atoms with Crippen molar-refractivity contribution in [2.24, 2.45) is 0 Å². The van der Waals surface area contributed by atoms with E-state index in [4.69, 9.17) is 24.7 Å². The zero-order chi connectivity index (χ0) is 20.3. The van der Waals surface area contributed by atoms with Gasteiger partial charge in [0.25, 0.3) is 0 Å². The fourth-order valence-corrected chi connectivity index (χ4v) is 3.37. The monoisotopic (exact) mass is 397 g/mol. The maximum atomic E-state index is 8.76. The molecule has 2 aromatic carbocycles. The summed E-state index contributed by atoms with van der Waals surface area (Å²) in [6.07, 6.45) is 7.14. The second-order valence-corrected chi connectivity index (χ2v) is 7.35. The van der Waals surface area contributed by atoms with Crippen molar-refractivity contribution in [2.45, 2.75) is 44.9 Å². The normalized spacial score (nSPS) is 12.6. The molecule has 0 spiro atoms. The Morgan fingerprint density at radius 1 is 0.862 bits per heavy atom. The summed E-state index contributed by atoms with van der Waals surface area (Å²) in [5, 5.41) is 17.2. The van der Waals surface area contributed by atoms with E-state index in [-0.39, 0.29) is 0 Å². The van der Waals surface area contributed by atoms with Crippen molar-refractivity contribution in [2.75, 3.05) is 26.4 Å². The van der Waals surface area contributed by atoms with Gasteiger partial charge in [-0.15, -0.1) is 0 Å². The van der Waals surface area contributed by atoms with Crippen LogP contribution >= 0.6 is 0 Å². The lowest BCUT2D eigenvalue weighted by molar-refractivity contribution is 0.171. The predicted molar refractivity (Wildman–Crippen MR) is 115 cm³/mol. The number of benzene rings is 2. The molecule has 1 heterocycles. The molecule has 0 saturated heterocycles. The number of aliphatic hydroxyl groups excluding tert-OH is 1. The van der Waals surface area contributed by atoms with E-state index in [1.807, 2.05) is 42.5 Å². The van der Waals surface area contributed by atoms with Gasteiger partial charge in [-0.25, -0.2) is 0 Å². The summed E-state index contributed by atoms with van der Waals surface area (Å²) >= 11 is 0. The number of hydrogen-bond acceptors (Lipinski definition) is 5. The SMILES string of the molecule is N=C(Cc1ccc2c(c1)OCCO2)c1ccc(OCCCCCCCCO)cc1. The van der Waals surface area contributed by atoms with Crippen LogP contribution in [-0.2, 0) is 6.42 Å². The Hall–Kier alpha value is -2.53. The van der Waals surface area contributed by atoms with Gasteiger partial charge in [-0.05, 0) is 60.4 Å². The van der Waals surface area contributed by atoms with Crippen LogP contribution in [0.15, 0.2) is 42.5 Å². The highest BCUT2D eigenvalue weighted by molar-refractivity contribution is 5.99. The molecule has 0 bridgehead atoms. The molecule has 0 radical (unpaired) electrons. The molecule has 3 rings (SSSR count). The lowest BCUT2D eigenvalue weighted by atomic mass is 10.0. The summed E-state index contributed by atoms with van der Waals surface area (Å²) in [7, 11) is 0. The molecule has 0 amide bonds. The average Bonchev–Trinajstić information content (AvgIpc) is 2.76. The number of nitrogens with one attached hydrogen (secondary N) is 1. The summed E-state index contributed by atoms with van der Waals surface area (Å²) in [5.74, 6) is 2.39. The highest BCUT2D eigenvalue weighted by Crippen LogP contribution is 2.31. The van der Waals surface area contributed by atoms with Gasteiger partial charge in [0.1, 0.15) is 19.0 Å². The van der Waals surface area contributed by atoms with E-state index in [1.165, 1.54) is 12.8 Å². The Morgan fingerprint density at radius 3 is 2.31 bits per heavy atom. The maximum absolute atomic E-state index is 8.76. The van der Waals surface area contributed by atoms with E-state index >= 15 is 0 Å². The van der Waals surface area contributed by atoms with Crippen molar-refractivity contribution in [3.05, 3.63) is 53.6 Å². The molecule has 0 fully saturated rings. The molecule has 0 aromatic heterocycles. The van der Waals surface area contributed by atoms with E-state index in [0.29, 0.717) is 38.6 Å². The molecule has 2 aromatic rings. The quantitative estimate of drug-likeness (QED) is 0.399. The van der Waals surface area contributed by atoms with Crippen molar-refractivity contribution in [3.63, 3.8) is 0 Å². The number of unbranched alkanes of at least 4 members (excludes halogenated alkanes) is 5. The molecule has 2 N–H and O–H groups in total. The van der Waals surface area contributed by atoms with Gasteiger partial charge in [0.05, 0.1) is 6.61 Å². The molecule has 0 unspecified atom stereocenters. The van der Waals surface area contributed by atoms with Crippen LogP contribution in [0.5, 0.6) is 17.2 Å². The smallest absolute Gasteiger partial charge is 0.161 e. The van der Waals surface area contributed by atoms with Crippen LogP contribution in [0, 0.1) is 5.41 Å². The second-order valence-electron chi connectivity index (χ2n) is 7.35. The van der Waals surface area contributed by atoms with Crippen LogP contribution in [0.2, 0.25) is 0 Å². The summed E-state index contributed by atoms with van der Waals surface area (Å²) < 4.78 is 17.0. The third kappa shape index (κ3) is 6.79. The molecule has 1 aliphatic heterocycles. The van der Waals surface area contributed by atoms with Gasteiger partial charge in [-0.1, -0.05) is 31.7 Å². The Labute approximate surface area is 173 Å². The molecule has 5 nitrogen and oxygen atoms in total. The van der Waals surface area contributed by atoms with Crippen LogP contribution in [0.25, 0.3) is 0 Å². The van der Waals surface area contributed by atoms with Gasteiger partial charge in [0.2, 0.25) is 0 Å². The van der Waals surface area contributed by atoms with E-state index in [2.05, 4.69) is 0 Å². The molecular weight excluding hydrogens is 366 g/mol. The summed E-state index contributed by atoms with van der Waals surface area (Å²) in [5.41, 5.74) is 2.51. The van der Waals surface area contributed by atoms with Crippen LogP contribution in [0.4, 0.5) is 0 Å².